The van der Waals surface area contributed by atoms with Crippen LogP contribution in [0.4, 0.5) is 5.69 Å². The summed E-state index contributed by atoms with van der Waals surface area (Å²) in [6.07, 6.45) is 5.10. The highest BCUT2D eigenvalue weighted by molar-refractivity contribution is 6.32. The van der Waals surface area contributed by atoms with Crippen molar-refractivity contribution in [3.8, 4) is 5.75 Å². The van der Waals surface area contributed by atoms with Gasteiger partial charge < -0.3 is 15.8 Å². The first kappa shape index (κ1) is 15.5. The highest BCUT2D eigenvalue weighted by Gasteiger charge is 2.23. The van der Waals surface area contributed by atoms with Gasteiger partial charge in [0.15, 0.2) is 0 Å². The highest BCUT2D eigenvalue weighted by atomic mass is 35.5. The average Bonchev–Trinajstić information content (AvgIpc) is 2.42. The van der Waals surface area contributed by atoms with Gasteiger partial charge in [-0.3, -0.25) is 0 Å². The van der Waals surface area contributed by atoms with Crippen LogP contribution in [0.2, 0.25) is 5.02 Å². The van der Waals surface area contributed by atoms with Crippen molar-refractivity contribution in [2.45, 2.75) is 51.7 Å². The Morgan fingerprint density at radius 2 is 2.10 bits per heavy atom. The van der Waals surface area contributed by atoms with Crippen LogP contribution in [0.3, 0.4) is 0 Å². The zero-order valence-electron chi connectivity index (χ0n) is 12.4. The predicted octanol–water partition coefficient (Wildman–Crippen LogP) is 4.06. The van der Waals surface area contributed by atoms with Gasteiger partial charge in [-0.15, -0.1) is 0 Å². The second kappa shape index (κ2) is 7.19. The van der Waals surface area contributed by atoms with Crippen molar-refractivity contribution in [1.82, 2.24) is 0 Å². The average molecular weight is 297 g/mol. The second-order valence-electron chi connectivity index (χ2n) is 5.84. The Hall–Kier alpha value is -0.930. The molecule has 4 heteroatoms. The summed E-state index contributed by atoms with van der Waals surface area (Å²) in [5.41, 5.74) is 6.92. The van der Waals surface area contributed by atoms with E-state index < -0.39 is 0 Å². The molecule has 1 aliphatic carbocycles. The maximum atomic E-state index is 6.27. The molecule has 0 saturated heterocycles. The molecule has 0 spiro atoms. The molecular weight excluding hydrogens is 272 g/mol. The predicted molar refractivity (Wildman–Crippen MR) is 85.6 cm³/mol. The summed E-state index contributed by atoms with van der Waals surface area (Å²) in [6, 6.07) is 6.37. The van der Waals surface area contributed by atoms with Gasteiger partial charge in [-0.05, 0) is 57.4 Å². The van der Waals surface area contributed by atoms with Gasteiger partial charge in [0.05, 0.1) is 11.1 Å². The number of nitrogens with one attached hydrogen (secondary N) is 1. The molecule has 1 aromatic carbocycles. The van der Waals surface area contributed by atoms with Gasteiger partial charge in [-0.2, -0.15) is 0 Å². The molecule has 0 amide bonds. The smallest absolute Gasteiger partial charge is 0.138 e. The Balaban J connectivity index is 2.04. The van der Waals surface area contributed by atoms with Gasteiger partial charge in [0, 0.05) is 11.7 Å². The van der Waals surface area contributed by atoms with Crippen LogP contribution in [0, 0.1) is 5.92 Å². The van der Waals surface area contributed by atoms with Crippen molar-refractivity contribution in [2.24, 2.45) is 11.7 Å². The molecule has 2 rings (SSSR count). The third-order valence-electron chi connectivity index (χ3n) is 3.86. The van der Waals surface area contributed by atoms with Crippen LogP contribution in [-0.2, 0) is 0 Å². The fourth-order valence-corrected chi connectivity index (χ4v) is 3.06. The molecule has 3 nitrogen and oxygen atoms in total. The molecule has 2 atom stereocenters. The number of hydrogen-bond acceptors (Lipinski definition) is 3. The summed E-state index contributed by atoms with van der Waals surface area (Å²) in [6.45, 7) is 4.74. The van der Waals surface area contributed by atoms with Crippen LogP contribution >= 0.6 is 11.6 Å². The maximum Gasteiger partial charge on any atom is 0.138 e. The minimum atomic E-state index is 0.131. The molecule has 1 aliphatic rings. The van der Waals surface area contributed by atoms with Crippen molar-refractivity contribution in [3.05, 3.63) is 23.2 Å². The topological polar surface area (TPSA) is 47.3 Å². The van der Waals surface area contributed by atoms with Crippen molar-refractivity contribution in [3.63, 3.8) is 0 Å². The number of halogens is 1. The van der Waals surface area contributed by atoms with Crippen molar-refractivity contribution in [2.75, 3.05) is 11.9 Å². The van der Waals surface area contributed by atoms with E-state index >= 15 is 0 Å². The fraction of sp³-hybridized carbons (Fsp3) is 0.625. The van der Waals surface area contributed by atoms with Gasteiger partial charge in [-0.1, -0.05) is 24.4 Å². The van der Waals surface area contributed by atoms with Gasteiger partial charge in [0.2, 0.25) is 0 Å². The molecule has 1 saturated carbocycles. The zero-order valence-corrected chi connectivity index (χ0v) is 13.1. The van der Waals surface area contributed by atoms with E-state index in [9.17, 15) is 0 Å². The van der Waals surface area contributed by atoms with Crippen LogP contribution in [0.25, 0.3) is 0 Å². The van der Waals surface area contributed by atoms with Crippen molar-refractivity contribution >= 4 is 17.3 Å². The lowest BCUT2D eigenvalue weighted by Gasteiger charge is -2.32. The zero-order chi connectivity index (χ0) is 14.5. The molecule has 0 aliphatic heterocycles. The van der Waals surface area contributed by atoms with Crippen LogP contribution in [0.15, 0.2) is 18.2 Å². The largest absolute Gasteiger partial charge is 0.489 e. The summed E-state index contributed by atoms with van der Waals surface area (Å²) in [5.74, 6) is 1.31. The lowest BCUT2D eigenvalue weighted by Crippen LogP contribution is -2.36. The number of hydrogen-bond donors (Lipinski definition) is 2. The Bertz CT molecular complexity index is 436. The van der Waals surface area contributed by atoms with E-state index in [2.05, 4.69) is 5.32 Å². The number of anilines is 1. The van der Waals surface area contributed by atoms with Crippen molar-refractivity contribution < 1.29 is 4.74 Å². The molecule has 3 N–H and O–H groups in total. The van der Waals surface area contributed by atoms with Crippen LogP contribution in [0.1, 0.15) is 39.5 Å². The Morgan fingerprint density at radius 3 is 2.75 bits per heavy atom. The number of nitrogens with two attached hydrogens (primary N) is 1. The van der Waals surface area contributed by atoms with E-state index in [0.29, 0.717) is 17.0 Å². The third kappa shape index (κ3) is 4.03. The minimum Gasteiger partial charge on any atom is -0.489 e. The summed E-state index contributed by atoms with van der Waals surface area (Å²) < 4.78 is 5.65. The van der Waals surface area contributed by atoms with E-state index in [1.807, 2.05) is 32.0 Å². The Labute approximate surface area is 126 Å². The fourth-order valence-electron chi connectivity index (χ4n) is 2.83. The normalized spacial score (nSPS) is 22.9. The molecule has 2 unspecified atom stereocenters. The Morgan fingerprint density at radius 1 is 1.35 bits per heavy atom. The van der Waals surface area contributed by atoms with E-state index in [-0.39, 0.29) is 6.10 Å². The van der Waals surface area contributed by atoms with Gasteiger partial charge in [-0.25, -0.2) is 0 Å². The highest BCUT2D eigenvalue weighted by Crippen LogP contribution is 2.31. The van der Waals surface area contributed by atoms with Gasteiger partial charge in [0.25, 0.3) is 0 Å². The first-order chi connectivity index (χ1) is 9.60. The molecule has 1 aromatic rings. The van der Waals surface area contributed by atoms with Crippen LogP contribution in [-0.4, -0.2) is 18.7 Å². The van der Waals surface area contributed by atoms with Gasteiger partial charge in [0.1, 0.15) is 5.75 Å². The molecule has 0 aromatic heterocycles. The lowest BCUT2D eigenvalue weighted by atomic mass is 9.84. The first-order valence-corrected chi connectivity index (χ1v) is 7.90. The number of rotatable bonds is 5. The molecule has 0 bridgehead atoms. The van der Waals surface area contributed by atoms with E-state index in [1.54, 1.807) is 0 Å². The summed E-state index contributed by atoms with van der Waals surface area (Å²) >= 11 is 6.27. The van der Waals surface area contributed by atoms with Crippen LogP contribution in [0.5, 0.6) is 5.75 Å². The molecular formula is C16H25ClN2O. The van der Waals surface area contributed by atoms with Gasteiger partial charge >= 0.3 is 0 Å². The molecule has 0 radical (unpaired) electrons. The first-order valence-electron chi connectivity index (χ1n) is 7.53. The lowest BCUT2D eigenvalue weighted by molar-refractivity contribution is 0.242. The summed E-state index contributed by atoms with van der Waals surface area (Å²) in [7, 11) is 0. The molecule has 20 heavy (non-hydrogen) atoms. The quantitative estimate of drug-likeness (QED) is 0.861. The molecule has 0 heterocycles. The van der Waals surface area contributed by atoms with E-state index in [0.717, 1.165) is 18.0 Å². The number of benzene rings is 1. The summed E-state index contributed by atoms with van der Waals surface area (Å²) in [4.78, 5) is 0. The molecule has 112 valence electrons. The van der Waals surface area contributed by atoms with E-state index in [4.69, 9.17) is 22.1 Å². The van der Waals surface area contributed by atoms with Crippen molar-refractivity contribution in [1.29, 1.82) is 0 Å². The third-order valence-corrected chi connectivity index (χ3v) is 4.15. The molecule has 1 fully saturated rings. The summed E-state index contributed by atoms with van der Waals surface area (Å²) in [5, 5.41) is 4.24. The van der Waals surface area contributed by atoms with Crippen LogP contribution < -0.4 is 15.8 Å². The maximum absolute atomic E-state index is 6.27. The second-order valence-corrected chi connectivity index (χ2v) is 6.25. The Kier molecular flexibility index (Phi) is 5.55. The van der Waals surface area contributed by atoms with E-state index in [1.165, 1.54) is 25.7 Å². The number of ether oxygens (including phenoxy) is 1. The monoisotopic (exact) mass is 296 g/mol. The SMILES string of the molecule is CC(C)Oc1ccc(NC2CCCCC2CN)cc1Cl. The standard InChI is InChI=1S/C16H25ClN2O/c1-11(2)20-16-8-7-13(9-14(16)17)19-15-6-4-3-5-12(15)10-18/h7-9,11-12,15,19H,3-6,10,18H2,1-2H3. The minimum absolute atomic E-state index is 0.131.